The minimum Gasteiger partial charge on any atom is -0.380 e. The van der Waals surface area contributed by atoms with E-state index in [2.05, 4.69) is 0 Å². The molecule has 0 fully saturated rings. The van der Waals surface area contributed by atoms with E-state index in [1.807, 2.05) is 0 Å². The van der Waals surface area contributed by atoms with E-state index in [4.69, 9.17) is 10.5 Å². The van der Waals surface area contributed by atoms with Crippen LogP contribution < -0.4 is 5.73 Å². The number of ether oxygens (including phenoxy) is 1. The van der Waals surface area contributed by atoms with Crippen LogP contribution in [0.4, 0.5) is 0 Å². The van der Waals surface area contributed by atoms with Gasteiger partial charge in [-0.15, -0.1) is 0 Å². The van der Waals surface area contributed by atoms with Gasteiger partial charge in [-0.25, -0.2) is 8.42 Å². The largest absolute Gasteiger partial charge is 0.380 e. The van der Waals surface area contributed by atoms with E-state index < -0.39 is 9.84 Å². The summed E-state index contributed by atoms with van der Waals surface area (Å²) < 4.78 is 26.7. The average Bonchev–Trinajstić information content (AvgIpc) is 2.15. The van der Waals surface area contributed by atoms with Crippen molar-refractivity contribution in [1.29, 1.82) is 0 Å². The molecular weight excluding hydrogens is 230 g/mol. The summed E-state index contributed by atoms with van der Waals surface area (Å²) in [4.78, 5) is 11.3. The van der Waals surface area contributed by atoms with Gasteiger partial charge < -0.3 is 10.5 Å². The number of rotatable bonds is 10. The Morgan fingerprint density at radius 1 is 1.19 bits per heavy atom. The van der Waals surface area contributed by atoms with Crippen molar-refractivity contribution in [3.05, 3.63) is 0 Å². The maximum atomic E-state index is 11.3. The third-order valence-corrected chi connectivity index (χ3v) is 3.01. The molecule has 0 spiro atoms. The molecule has 0 rings (SSSR count). The lowest BCUT2D eigenvalue weighted by atomic mass is 10.1. The van der Waals surface area contributed by atoms with Gasteiger partial charge in [0.1, 0.15) is 15.6 Å². The summed E-state index contributed by atoms with van der Waals surface area (Å²) in [6, 6.07) is 0. The second-order valence-electron chi connectivity index (χ2n) is 3.78. The van der Waals surface area contributed by atoms with Gasteiger partial charge in [-0.2, -0.15) is 0 Å². The fourth-order valence-corrected chi connectivity index (χ4v) is 1.88. The lowest BCUT2D eigenvalue weighted by Gasteiger charge is -2.02. The Balaban J connectivity index is 3.38. The zero-order chi connectivity index (χ0) is 12.4. The van der Waals surface area contributed by atoms with Crippen LogP contribution in [0.15, 0.2) is 0 Å². The number of ketones is 1. The molecule has 0 aromatic carbocycles. The monoisotopic (exact) mass is 251 g/mol. The second kappa shape index (κ2) is 8.66. The van der Waals surface area contributed by atoms with E-state index in [0.29, 0.717) is 45.4 Å². The molecule has 2 N–H and O–H groups in total. The number of carbonyl (C=O) groups is 1. The number of carbonyl (C=O) groups excluding carboxylic acids is 1. The van der Waals surface area contributed by atoms with Crippen LogP contribution >= 0.6 is 0 Å². The molecule has 96 valence electrons. The molecule has 5 nitrogen and oxygen atoms in total. The van der Waals surface area contributed by atoms with E-state index in [1.165, 1.54) is 6.26 Å². The van der Waals surface area contributed by atoms with Gasteiger partial charge in [-0.3, -0.25) is 4.79 Å². The minimum absolute atomic E-state index is 0.0857. The molecule has 0 heterocycles. The topological polar surface area (TPSA) is 86.5 Å². The van der Waals surface area contributed by atoms with Gasteiger partial charge in [0, 0.05) is 32.2 Å². The van der Waals surface area contributed by atoms with Crippen LogP contribution in [-0.2, 0) is 19.4 Å². The maximum Gasteiger partial charge on any atom is 0.147 e. The Bertz CT molecular complexity index is 287. The van der Waals surface area contributed by atoms with Crippen LogP contribution in [0.3, 0.4) is 0 Å². The van der Waals surface area contributed by atoms with Gasteiger partial charge in [-0.1, -0.05) is 0 Å². The summed E-state index contributed by atoms with van der Waals surface area (Å²) in [5.74, 6) is 0.183. The molecule has 0 aromatic heterocycles. The molecule has 0 aliphatic carbocycles. The zero-order valence-corrected chi connectivity index (χ0v) is 10.6. The Kier molecular flexibility index (Phi) is 8.42. The molecule has 0 aromatic rings. The van der Waals surface area contributed by atoms with Crippen LogP contribution in [0.5, 0.6) is 0 Å². The Morgan fingerprint density at radius 2 is 1.81 bits per heavy atom. The molecular formula is C10H21NO4S. The van der Waals surface area contributed by atoms with E-state index in [-0.39, 0.29) is 11.5 Å². The average molecular weight is 251 g/mol. The van der Waals surface area contributed by atoms with E-state index in [0.717, 1.165) is 0 Å². The molecule has 6 heteroatoms. The SMILES string of the molecule is CS(=O)(=O)CCCC(=O)CCCOCCN. The summed E-state index contributed by atoms with van der Waals surface area (Å²) >= 11 is 0. The molecule has 0 aliphatic rings. The molecule has 0 amide bonds. The van der Waals surface area contributed by atoms with Crippen LogP contribution in [0.2, 0.25) is 0 Å². The first kappa shape index (κ1) is 15.5. The lowest BCUT2D eigenvalue weighted by Crippen LogP contribution is -2.10. The summed E-state index contributed by atoms with van der Waals surface area (Å²) in [6.07, 6.45) is 3.06. The van der Waals surface area contributed by atoms with E-state index in [1.54, 1.807) is 0 Å². The second-order valence-corrected chi connectivity index (χ2v) is 6.04. The zero-order valence-electron chi connectivity index (χ0n) is 9.78. The van der Waals surface area contributed by atoms with Crippen molar-refractivity contribution < 1.29 is 17.9 Å². The lowest BCUT2D eigenvalue weighted by molar-refractivity contribution is -0.119. The van der Waals surface area contributed by atoms with Crippen LogP contribution in [-0.4, -0.2) is 46.0 Å². The van der Waals surface area contributed by atoms with Gasteiger partial charge in [0.15, 0.2) is 0 Å². The first-order chi connectivity index (χ1) is 7.45. The number of hydrogen-bond acceptors (Lipinski definition) is 5. The van der Waals surface area contributed by atoms with Gasteiger partial charge in [0.25, 0.3) is 0 Å². The van der Waals surface area contributed by atoms with Gasteiger partial charge in [-0.05, 0) is 12.8 Å². The number of Topliss-reactive ketones (excluding diaryl/α,β-unsaturated/α-hetero) is 1. The molecule has 0 saturated carbocycles. The van der Waals surface area contributed by atoms with Crippen molar-refractivity contribution in [3.8, 4) is 0 Å². The Labute approximate surface area is 97.3 Å². The Hall–Kier alpha value is -0.460. The smallest absolute Gasteiger partial charge is 0.147 e. The molecule has 0 saturated heterocycles. The van der Waals surface area contributed by atoms with Crippen molar-refractivity contribution in [2.45, 2.75) is 25.7 Å². The molecule has 0 atom stereocenters. The molecule has 0 radical (unpaired) electrons. The summed E-state index contributed by atoms with van der Waals surface area (Å²) in [7, 11) is -2.94. The number of sulfone groups is 1. The third-order valence-electron chi connectivity index (χ3n) is 1.98. The van der Waals surface area contributed by atoms with Crippen molar-refractivity contribution in [3.63, 3.8) is 0 Å². The minimum atomic E-state index is -2.94. The van der Waals surface area contributed by atoms with Crippen LogP contribution in [0.1, 0.15) is 25.7 Å². The van der Waals surface area contributed by atoms with Crippen LogP contribution in [0, 0.1) is 0 Å². The van der Waals surface area contributed by atoms with Crippen molar-refractivity contribution in [1.82, 2.24) is 0 Å². The highest BCUT2D eigenvalue weighted by atomic mass is 32.2. The quantitative estimate of drug-likeness (QED) is 0.558. The van der Waals surface area contributed by atoms with Crippen LogP contribution in [0.25, 0.3) is 0 Å². The molecule has 0 unspecified atom stereocenters. The fourth-order valence-electron chi connectivity index (χ4n) is 1.21. The fraction of sp³-hybridized carbons (Fsp3) is 0.900. The standard InChI is InChI=1S/C10H21NO4S/c1-16(13,14)9-3-5-10(12)4-2-7-15-8-6-11/h2-9,11H2,1H3. The van der Waals surface area contributed by atoms with Crippen molar-refractivity contribution >= 4 is 15.6 Å². The predicted molar refractivity (Wildman–Crippen MR) is 63.1 cm³/mol. The van der Waals surface area contributed by atoms with E-state index in [9.17, 15) is 13.2 Å². The third kappa shape index (κ3) is 11.6. The van der Waals surface area contributed by atoms with Gasteiger partial charge in [0.05, 0.1) is 12.4 Å². The number of nitrogens with two attached hydrogens (primary N) is 1. The van der Waals surface area contributed by atoms with Crippen molar-refractivity contribution in [2.75, 3.05) is 31.8 Å². The summed E-state index contributed by atoms with van der Waals surface area (Å²) in [5, 5.41) is 0. The summed E-state index contributed by atoms with van der Waals surface area (Å²) in [5.41, 5.74) is 5.23. The maximum absolute atomic E-state index is 11.3. The number of hydrogen-bond donors (Lipinski definition) is 1. The first-order valence-corrected chi connectivity index (χ1v) is 7.49. The highest BCUT2D eigenvalue weighted by molar-refractivity contribution is 7.90. The summed E-state index contributed by atoms with van der Waals surface area (Å²) in [6.45, 7) is 1.54. The first-order valence-electron chi connectivity index (χ1n) is 5.43. The molecule has 0 aliphatic heterocycles. The van der Waals surface area contributed by atoms with Gasteiger partial charge in [0.2, 0.25) is 0 Å². The highest BCUT2D eigenvalue weighted by Gasteiger charge is 2.05. The molecule has 16 heavy (non-hydrogen) atoms. The van der Waals surface area contributed by atoms with E-state index >= 15 is 0 Å². The highest BCUT2D eigenvalue weighted by Crippen LogP contribution is 2.01. The Morgan fingerprint density at radius 3 is 2.38 bits per heavy atom. The normalized spacial score (nSPS) is 11.6. The van der Waals surface area contributed by atoms with Crippen molar-refractivity contribution in [2.24, 2.45) is 5.73 Å². The van der Waals surface area contributed by atoms with Gasteiger partial charge >= 0.3 is 0 Å². The predicted octanol–water partition coefficient (Wildman–Crippen LogP) is 0.136. The molecule has 0 bridgehead atoms.